The van der Waals surface area contributed by atoms with E-state index >= 15 is 0 Å². The van der Waals surface area contributed by atoms with Crippen LogP contribution < -0.4 is 10.2 Å². The second kappa shape index (κ2) is 8.31. The molecule has 0 unspecified atom stereocenters. The average Bonchev–Trinajstić information content (AvgIpc) is 2.96. The molecule has 7 heteroatoms. The van der Waals surface area contributed by atoms with Crippen LogP contribution in [0.4, 0.5) is 0 Å². The van der Waals surface area contributed by atoms with Gasteiger partial charge in [0.05, 0.1) is 23.2 Å². The number of rotatable bonds is 6. The van der Waals surface area contributed by atoms with Gasteiger partial charge in [0.25, 0.3) is 5.91 Å². The number of halogens is 1. The number of ether oxygens (including phenoxy) is 1. The van der Waals surface area contributed by atoms with Crippen LogP contribution in [0, 0.1) is 6.92 Å². The lowest BCUT2D eigenvalue weighted by atomic mass is 10.3. The third-order valence-electron chi connectivity index (χ3n) is 3.54. The summed E-state index contributed by atoms with van der Waals surface area (Å²) in [4.78, 5) is 11.8. The van der Waals surface area contributed by atoms with Crippen LogP contribution in [0.5, 0.6) is 5.75 Å². The summed E-state index contributed by atoms with van der Waals surface area (Å²) in [6.07, 6.45) is 1.48. The number of aromatic nitrogens is 2. The third kappa shape index (κ3) is 4.29. The number of nitrogens with zero attached hydrogens (tertiary/aromatic N) is 3. The molecule has 3 aromatic rings. The predicted octanol–water partition coefficient (Wildman–Crippen LogP) is 3.36. The van der Waals surface area contributed by atoms with E-state index in [4.69, 9.17) is 16.3 Å². The zero-order chi connectivity index (χ0) is 18.4. The molecule has 0 aliphatic heterocycles. The Bertz CT molecular complexity index is 908. The smallest absolute Gasteiger partial charge is 0.277 e. The fraction of sp³-hybridized carbons (Fsp3) is 0.105. The Morgan fingerprint density at radius 3 is 2.54 bits per heavy atom. The average molecular weight is 369 g/mol. The molecule has 0 radical (unpaired) electrons. The summed E-state index contributed by atoms with van der Waals surface area (Å²) in [6, 6.07) is 18.6. The highest BCUT2D eigenvalue weighted by molar-refractivity contribution is 6.32. The first-order valence-corrected chi connectivity index (χ1v) is 8.33. The lowest BCUT2D eigenvalue weighted by Crippen LogP contribution is -2.24. The zero-order valence-corrected chi connectivity index (χ0v) is 14.8. The quantitative estimate of drug-likeness (QED) is 0.535. The summed E-state index contributed by atoms with van der Waals surface area (Å²) in [5.41, 5.74) is 4.61. The van der Waals surface area contributed by atoms with E-state index in [-0.39, 0.29) is 12.5 Å². The van der Waals surface area contributed by atoms with Crippen LogP contribution in [0.25, 0.3) is 5.69 Å². The van der Waals surface area contributed by atoms with Crippen molar-refractivity contribution in [2.75, 3.05) is 6.61 Å². The van der Waals surface area contributed by atoms with E-state index in [1.54, 1.807) is 16.8 Å². The standard InChI is InChI=1S/C19H17ClN4O2/c1-14-17(19(20)24(23-14)15-8-4-2-5-9-15)12-21-22-18(25)13-26-16-10-6-3-7-11-16/h2-12H,13H2,1H3,(H,22,25)/b21-12+. The summed E-state index contributed by atoms with van der Waals surface area (Å²) in [5, 5.41) is 8.77. The third-order valence-corrected chi connectivity index (χ3v) is 3.91. The van der Waals surface area contributed by atoms with E-state index in [9.17, 15) is 4.79 Å². The first-order chi connectivity index (χ1) is 12.6. The predicted molar refractivity (Wildman–Crippen MR) is 101 cm³/mol. The van der Waals surface area contributed by atoms with Gasteiger partial charge in [-0.2, -0.15) is 10.2 Å². The molecule has 3 rings (SSSR count). The minimum Gasteiger partial charge on any atom is -0.484 e. The number of benzene rings is 2. The van der Waals surface area contributed by atoms with Gasteiger partial charge < -0.3 is 4.74 Å². The highest BCUT2D eigenvalue weighted by atomic mass is 35.5. The van der Waals surface area contributed by atoms with Gasteiger partial charge in [-0.1, -0.05) is 48.0 Å². The molecule has 132 valence electrons. The fourth-order valence-electron chi connectivity index (χ4n) is 2.26. The van der Waals surface area contributed by atoms with Crippen LogP contribution in [-0.2, 0) is 4.79 Å². The molecular formula is C19H17ClN4O2. The molecule has 0 saturated heterocycles. The number of carbonyl (C=O) groups excluding carboxylic acids is 1. The fourth-order valence-corrected chi connectivity index (χ4v) is 2.59. The molecule has 0 fully saturated rings. The Kier molecular flexibility index (Phi) is 5.66. The zero-order valence-electron chi connectivity index (χ0n) is 14.1. The van der Waals surface area contributed by atoms with Gasteiger partial charge in [-0.25, -0.2) is 10.1 Å². The normalized spacial score (nSPS) is 10.8. The SMILES string of the molecule is Cc1nn(-c2ccccc2)c(Cl)c1/C=N/NC(=O)COc1ccccc1. The summed E-state index contributed by atoms with van der Waals surface area (Å²) in [7, 11) is 0. The van der Waals surface area contributed by atoms with Gasteiger partial charge in [-0.15, -0.1) is 0 Å². The molecule has 0 aliphatic carbocycles. The minimum absolute atomic E-state index is 0.128. The van der Waals surface area contributed by atoms with Crippen molar-refractivity contribution in [3.8, 4) is 11.4 Å². The van der Waals surface area contributed by atoms with Crippen molar-refractivity contribution >= 4 is 23.7 Å². The Balaban J connectivity index is 1.62. The van der Waals surface area contributed by atoms with Crippen molar-refractivity contribution in [2.45, 2.75) is 6.92 Å². The molecule has 0 bridgehead atoms. The molecule has 1 heterocycles. The van der Waals surface area contributed by atoms with Crippen molar-refractivity contribution in [3.63, 3.8) is 0 Å². The number of hydrazone groups is 1. The highest BCUT2D eigenvalue weighted by Gasteiger charge is 2.13. The summed E-state index contributed by atoms with van der Waals surface area (Å²) >= 11 is 6.39. The Morgan fingerprint density at radius 2 is 1.85 bits per heavy atom. The van der Waals surface area contributed by atoms with Crippen LogP contribution in [0.2, 0.25) is 5.15 Å². The van der Waals surface area contributed by atoms with Crippen molar-refractivity contribution in [1.82, 2.24) is 15.2 Å². The lowest BCUT2D eigenvalue weighted by molar-refractivity contribution is -0.123. The molecule has 6 nitrogen and oxygen atoms in total. The van der Waals surface area contributed by atoms with E-state index in [1.807, 2.05) is 55.5 Å². The van der Waals surface area contributed by atoms with Gasteiger partial charge in [0, 0.05) is 0 Å². The molecule has 0 atom stereocenters. The second-order valence-electron chi connectivity index (χ2n) is 5.43. The Labute approximate surface area is 156 Å². The maximum atomic E-state index is 11.8. The number of carbonyl (C=O) groups is 1. The maximum Gasteiger partial charge on any atom is 0.277 e. The van der Waals surface area contributed by atoms with Crippen molar-refractivity contribution < 1.29 is 9.53 Å². The van der Waals surface area contributed by atoms with E-state index in [2.05, 4.69) is 15.6 Å². The van der Waals surface area contributed by atoms with E-state index < -0.39 is 0 Å². The first kappa shape index (κ1) is 17.7. The first-order valence-electron chi connectivity index (χ1n) is 7.95. The van der Waals surface area contributed by atoms with Gasteiger partial charge in [0.15, 0.2) is 6.61 Å². The van der Waals surface area contributed by atoms with E-state index in [0.717, 1.165) is 5.69 Å². The van der Waals surface area contributed by atoms with Gasteiger partial charge in [-0.05, 0) is 31.2 Å². The molecule has 1 aromatic heterocycles. The molecular weight excluding hydrogens is 352 g/mol. The summed E-state index contributed by atoms with van der Waals surface area (Å²) in [5.74, 6) is 0.254. The molecule has 0 saturated carbocycles. The maximum absolute atomic E-state index is 11.8. The van der Waals surface area contributed by atoms with Crippen LogP contribution in [0.1, 0.15) is 11.3 Å². The van der Waals surface area contributed by atoms with Crippen molar-refractivity contribution in [2.24, 2.45) is 5.10 Å². The molecule has 2 aromatic carbocycles. The minimum atomic E-state index is -0.366. The molecule has 0 aliphatic rings. The number of hydrogen-bond donors (Lipinski definition) is 1. The number of amides is 1. The van der Waals surface area contributed by atoms with Crippen molar-refractivity contribution in [1.29, 1.82) is 0 Å². The summed E-state index contributed by atoms with van der Waals surface area (Å²) < 4.78 is 6.98. The van der Waals surface area contributed by atoms with E-state index in [0.29, 0.717) is 22.2 Å². The van der Waals surface area contributed by atoms with E-state index in [1.165, 1.54) is 6.21 Å². The highest BCUT2D eigenvalue weighted by Crippen LogP contribution is 2.21. The molecule has 1 amide bonds. The largest absolute Gasteiger partial charge is 0.484 e. The topological polar surface area (TPSA) is 68.5 Å². The lowest BCUT2D eigenvalue weighted by Gasteiger charge is -2.04. The van der Waals surface area contributed by atoms with Gasteiger partial charge >= 0.3 is 0 Å². The van der Waals surface area contributed by atoms with Crippen LogP contribution >= 0.6 is 11.6 Å². The Hall–Kier alpha value is -3.12. The van der Waals surface area contributed by atoms with Crippen LogP contribution in [0.3, 0.4) is 0 Å². The molecule has 26 heavy (non-hydrogen) atoms. The second-order valence-corrected chi connectivity index (χ2v) is 5.79. The summed E-state index contributed by atoms with van der Waals surface area (Å²) in [6.45, 7) is 1.70. The van der Waals surface area contributed by atoms with Crippen molar-refractivity contribution in [3.05, 3.63) is 77.1 Å². The number of nitrogens with one attached hydrogen (secondary N) is 1. The Morgan fingerprint density at radius 1 is 1.19 bits per heavy atom. The monoisotopic (exact) mass is 368 g/mol. The van der Waals surface area contributed by atoms with Crippen LogP contribution in [0.15, 0.2) is 65.8 Å². The number of aryl methyl sites for hydroxylation is 1. The molecule has 1 N–H and O–H groups in total. The number of para-hydroxylation sites is 2. The van der Waals surface area contributed by atoms with Gasteiger partial charge in [0.1, 0.15) is 10.9 Å². The number of hydrogen-bond acceptors (Lipinski definition) is 4. The van der Waals surface area contributed by atoms with Gasteiger partial charge in [0.2, 0.25) is 0 Å². The van der Waals surface area contributed by atoms with Crippen LogP contribution in [-0.4, -0.2) is 28.5 Å². The van der Waals surface area contributed by atoms with Gasteiger partial charge in [-0.3, -0.25) is 4.79 Å². The molecule has 0 spiro atoms.